The van der Waals surface area contributed by atoms with E-state index in [1.807, 2.05) is 6.07 Å². The van der Waals surface area contributed by atoms with Crippen molar-refractivity contribution in [1.29, 1.82) is 5.26 Å². The van der Waals surface area contributed by atoms with Gasteiger partial charge in [0.2, 0.25) is 0 Å². The minimum atomic E-state index is -3.52. The molecule has 0 heterocycles. The lowest BCUT2D eigenvalue weighted by atomic mass is 9.93. The number of rotatable bonds is 4. The molecule has 1 rings (SSSR count). The van der Waals surface area contributed by atoms with Crippen LogP contribution in [0.4, 0.5) is 4.39 Å². The number of sulfone groups is 1. The van der Waals surface area contributed by atoms with Crippen LogP contribution in [0.1, 0.15) is 20.3 Å². The Hall–Kier alpha value is -1.41. The van der Waals surface area contributed by atoms with E-state index in [2.05, 4.69) is 0 Å². The van der Waals surface area contributed by atoms with Gasteiger partial charge in [-0.3, -0.25) is 0 Å². The first-order chi connectivity index (χ1) is 7.77. The van der Waals surface area contributed by atoms with Crippen LogP contribution in [0, 0.1) is 22.6 Å². The molecule has 0 saturated carbocycles. The zero-order chi connectivity index (χ0) is 13.1. The van der Waals surface area contributed by atoms with Gasteiger partial charge in [-0.2, -0.15) is 5.26 Å². The van der Waals surface area contributed by atoms with Crippen molar-refractivity contribution >= 4 is 9.84 Å². The molecule has 0 amide bonds. The van der Waals surface area contributed by atoms with Crippen LogP contribution in [0.3, 0.4) is 0 Å². The van der Waals surface area contributed by atoms with Gasteiger partial charge in [-0.1, -0.05) is 6.07 Å². The Labute approximate surface area is 101 Å². The van der Waals surface area contributed by atoms with Crippen LogP contribution in [-0.4, -0.2) is 14.2 Å². The quantitative estimate of drug-likeness (QED) is 0.830. The van der Waals surface area contributed by atoms with Crippen molar-refractivity contribution in [3.63, 3.8) is 0 Å². The lowest BCUT2D eigenvalue weighted by Crippen LogP contribution is -2.16. The summed E-state index contributed by atoms with van der Waals surface area (Å²) in [5.74, 6) is -0.734. The number of halogens is 1. The highest BCUT2D eigenvalue weighted by molar-refractivity contribution is 7.91. The maximum absolute atomic E-state index is 12.9. The third kappa shape index (κ3) is 3.82. The lowest BCUT2D eigenvalue weighted by Gasteiger charge is -2.14. The first kappa shape index (κ1) is 13.7. The number of benzene rings is 1. The maximum Gasteiger partial charge on any atom is 0.178 e. The second-order valence-corrected chi connectivity index (χ2v) is 6.63. The van der Waals surface area contributed by atoms with Crippen molar-refractivity contribution in [2.24, 2.45) is 5.41 Å². The molecule has 0 saturated heterocycles. The van der Waals surface area contributed by atoms with Crippen molar-refractivity contribution in [3.05, 3.63) is 30.1 Å². The molecule has 0 aromatic heterocycles. The minimum Gasteiger partial charge on any atom is -0.224 e. The van der Waals surface area contributed by atoms with E-state index in [4.69, 9.17) is 5.26 Å². The van der Waals surface area contributed by atoms with Crippen molar-refractivity contribution < 1.29 is 12.8 Å². The minimum absolute atomic E-state index is 0.0359. The standard InChI is InChI=1S/C12H14FNO2S/c1-12(2,9-14)6-7-17(15,16)11-5-3-4-10(13)8-11/h3-5,8H,6-7H2,1-2H3. The van der Waals surface area contributed by atoms with E-state index in [9.17, 15) is 12.8 Å². The number of nitrogens with zero attached hydrogens (tertiary/aromatic N) is 1. The molecule has 0 N–H and O–H groups in total. The predicted octanol–water partition coefficient (Wildman–Crippen LogP) is 2.54. The molecule has 0 aliphatic heterocycles. The fraction of sp³-hybridized carbons (Fsp3) is 0.417. The van der Waals surface area contributed by atoms with Gasteiger partial charge in [0.25, 0.3) is 0 Å². The van der Waals surface area contributed by atoms with E-state index in [0.717, 1.165) is 6.07 Å². The van der Waals surface area contributed by atoms with E-state index in [0.29, 0.717) is 0 Å². The monoisotopic (exact) mass is 255 g/mol. The van der Waals surface area contributed by atoms with Gasteiger partial charge in [0, 0.05) is 0 Å². The van der Waals surface area contributed by atoms with Gasteiger partial charge >= 0.3 is 0 Å². The largest absolute Gasteiger partial charge is 0.224 e. The Kier molecular flexibility index (Phi) is 3.89. The normalized spacial score (nSPS) is 12.1. The van der Waals surface area contributed by atoms with Crippen LogP contribution >= 0.6 is 0 Å². The van der Waals surface area contributed by atoms with Gasteiger partial charge in [0.05, 0.1) is 22.1 Å². The number of hydrogen-bond donors (Lipinski definition) is 0. The first-order valence-corrected chi connectivity index (χ1v) is 6.82. The van der Waals surface area contributed by atoms with Crippen LogP contribution in [0.25, 0.3) is 0 Å². The molecule has 1 aromatic carbocycles. The van der Waals surface area contributed by atoms with E-state index < -0.39 is 21.1 Å². The van der Waals surface area contributed by atoms with Crippen molar-refractivity contribution in [2.75, 3.05) is 5.75 Å². The zero-order valence-electron chi connectivity index (χ0n) is 9.77. The van der Waals surface area contributed by atoms with Crippen molar-refractivity contribution in [3.8, 4) is 6.07 Å². The van der Waals surface area contributed by atoms with Gasteiger partial charge in [-0.05, 0) is 38.5 Å². The third-order valence-corrected chi connectivity index (χ3v) is 4.17. The second kappa shape index (κ2) is 4.84. The Balaban J connectivity index is 2.88. The zero-order valence-corrected chi connectivity index (χ0v) is 10.6. The molecule has 0 spiro atoms. The predicted molar refractivity (Wildman–Crippen MR) is 62.5 cm³/mol. The fourth-order valence-corrected chi connectivity index (χ4v) is 2.82. The molecule has 0 fully saturated rings. The summed E-state index contributed by atoms with van der Waals surface area (Å²) in [5.41, 5.74) is -0.694. The highest BCUT2D eigenvalue weighted by Crippen LogP contribution is 2.22. The molecular formula is C12H14FNO2S. The molecule has 0 bridgehead atoms. The summed E-state index contributed by atoms with van der Waals surface area (Å²) in [6.07, 6.45) is 0.225. The lowest BCUT2D eigenvalue weighted by molar-refractivity contribution is 0.473. The molecule has 1 aromatic rings. The molecule has 0 radical (unpaired) electrons. The van der Waals surface area contributed by atoms with Crippen LogP contribution in [0.15, 0.2) is 29.2 Å². The first-order valence-electron chi connectivity index (χ1n) is 5.16. The Bertz CT molecular complexity index is 544. The van der Waals surface area contributed by atoms with E-state index >= 15 is 0 Å². The SMILES string of the molecule is CC(C)(C#N)CCS(=O)(=O)c1cccc(F)c1. The molecule has 0 unspecified atom stereocenters. The number of nitriles is 1. The van der Waals surface area contributed by atoms with Crippen LogP contribution in [-0.2, 0) is 9.84 Å². The molecule has 0 aliphatic rings. The highest BCUT2D eigenvalue weighted by atomic mass is 32.2. The maximum atomic E-state index is 12.9. The van der Waals surface area contributed by atoms with Gasteiger partial charge < -0.3 is 0 Å². The van der Waals surface area contributed by atoms with E-state index in [1.165, 1.54) is 18.2 Å². The summed E-state index contributed by atoms with van der Waals surface area (Å²) in [4.78, 5) is -0.0359. The van der Waals surface area contributed by atoms with Crippen LogP contribution in [0.2, 0.25) is 0 Å². The summed E-state index contributed by atoms with van der Waals surface area (Å²) in [5, 5.41) is 8.80. The highest BCUT2D eigenvalue weighted by Gasteiger charge is 2.22. The molecule has 92 valence electrons. The smallest absolute Gasteiger partial charge is 0.178 e. The van der Waals surface area contributed by atoms with Crippen molar-refractivity contribution in [1.82, 2.24) is 0 Å². The molecule has 0 atom stereocenters. The molecular weight excluding hydrogens is 241 g/mol. The summed E-state index contributed by atoms with van der Waals surface area (Å²) < 4.78 is 36.7. The van der Waals surface area contributed by atoms with Gasteiger partial charge in [0.15, 0.2) is 9.84 Å². The van der Waals surface area contributed by atoms with Crippen LogP contribution in [0.5, 0.6) is 0 Å². The van der Waals surface area contributed by atoms with E-state index in [1.54, 1.807) is 13.8 Å². The van der Waals surface area contributed by atoms with Crippen LogP contribution < -0.4 is 0 Å². The third-order valence-electron chi connectivity index (χ3n) is 2.45. The van der Waals surface area contributed by atoms with E-state index in [-0.39, 0.29) is 17.1 Å². The summed E-state index contributed by atoms with van der Waals surface area (Å²) >= 11 is 0. The fourth-order valence-electron chi connectivity index (χ4n) is 1.22. The topological polar surface area (TPSA) is 57.9 Å². The summed E-state index contributed by atoms with van der Waals surface area (Å²) in [6, 6.07) is 6.94. The van der Waals surface area contributed by atoms with Gasteiger partial charge in [-0.25, -0.2) is 12.8 Å². The van der Waals surface area contributed by atoms with Gasteiger partial charge in [0.1, 0.15) is 5.82 Å². The average molecular weight is 255 g/mol. The molecule has 5 heteroatoms. The Morgan fingerprint density at radius 3 is 2.59 bits per heavy atom. The number of hydrogen-bond acceptors (Lipinski definition) is 3. The van der Waals surface area contributed by atoms with Gasteiger partial charge in [-0.15, -0.1) is 0 Å². The Morgan fingerprint density at radius 2 is 2.06 bits per heavy atom. The molecule has 3 nitrogen and oxygen atoms in total. The molecule has 17 heavy (non-hydrogen) atoms. The summed E-state index contributed by atoms with van der Waals surface area (Å²) in [6.45, 7) is 3.35. The molecule has 0 aliphatic carbocycles. The Morgan fingerprint density at radius 1 is 1.41 bits per heavy atom. The second-order valence-electron chi connectivity index (χ2n) is 4.52. The van der Waals surface area contributed by atoms with Crippen molar-refractivity contribution in [2.45, 2.75) is 25.2 Å². The summed E-state index contributed by atoms with van der Waals surface area (Å²) in [7, 11) is -3.52. The average Bonchev–Trinajstić information content (AvgIpc) is 2.27.